The third-order valence-electron chi connectivity index (χ3n) is 1.85. The number of benzene rings is 1. The van der Waals surface area contributed by atoms with Crippen molar-refractivity contribution in [1.29, 1.82) is 0 Å². The van der Waals surface area contributed by atoms with E-state index in [0.29, 0.717) is 15.6 Å². The van der Waals surface area contributed by atoms with Crippen molar-refractivity contribution >= 4 is 26.0 Å². The summed E-state index contributed by atoms with van der Waals surface area (Å²) in [6.07, 6.45) is 0. The summed E-state index contributed by atoms with van der Waals surface area (Å²) < 4.78 is 22.9. The van der Waals surface area contributed by atoms with Crippen LogP contribution >= 0.6 is 15.9 Å². The van der Waals surface area contributed by atoms with E-state index in [1.165, 1.54) is 6.07 Å². The highest BCUT2D eigenvalue weighted by molar-refractivity contribution is 9.10. The minimum atomic E-state index is -3.73. The maximum absolute atomic E-state index is 11.1. The Morgan fingerprint density at radius 3 is 2.50 bits per heavy atom. The lowest BCUT2D eigenvalue weighted by Gasteiger charge is -2.07. The van der Waals surface area contributed by atoms with Gasteiger partial charge in [-0.15, -0.1) is 0 Å². The fourth-order valence-electron chi connectivity index (χ4n) is 1.09. The average molecular weight is 280 g/mol. The predicted molar refractivity (Wildman–Crippen MR) is 56.2 cm³/mol. The molecule has 4 nitrogen and oxygen atoms in total. The standard InChI is InChI=1S/C8H10BrNO3S/c1-5-7(9)2-6(4-11)3-8(5)14(10,12)13/h2-3,11H,4H2,1H3,(H2,10,12,13). The van der Waals surface area contributed by atoms with Crippen LogP contribution in [0.3, 0.4) is 0 Å². The number of primary sulfonamides is 1. The summed E-state index contributed by atoms with van der Waals surface area (Å²) in [6.45, 7) is 1.42. The van der Waals surface area contributed by atoms with Crippen molar-refractivity contribution in [3.05, 3.63) is 27.7 Å². The topological polar surface area (TPSA) is 80.4 Å². The van der Waals surface area contributed by atoms with E-state index < -0.39 is 10.0 Å². The largest absolute Gasteiger partial charge is 0.392 e. The van der Waals surface area contributed by atoms with E-state index in [9.17, 15) is 8.42 Å². The van der Waals surface area contributed by atoms with E-state index in [-0.39, 0.29) is 11.5 Å². The fourth-order valence-corrected chi connectivity index (χ4v) is 2.59. The van der Waals surface area contributed by atoms with Crippen LogP contribution in [0.5, 0.6) is 0 Å². The molecule has 0 fully saturated rings. The van der Waals surface area contributed by atoms with Crippen molar-refractivity contribution in [2.75, 3.05) is 0 Å². The van der Waals surface area contributed by atoms with Gasteiger partial charge in [-0.1, -0.05) is 15.9 Å². The highest BCUT2D eigenvalue weighted by Crippen LogP contribution is 2.24. The van der Waals surface area contributed by atoms with Crippen LogP contribution in [0, 0.1) is 6.92 Å². The second-order valence-electron chi connectivity index (χ2n) is 2.90. The van der Waals surface area contributed by atoms with Gasteiger partial charge in [0.25, 0.3) is 0 Å². The Balaban J connectivity index is 3.51. The first-order chi connectivity index (χ1) is 6.36. The number of nitrogens with two attached hydrogens (primary N) is 1. The smallest absolute Gasteiger partial charge is 0.238 e. The monoisotopic (exact) mass is 279 g/mol. The zero-order valence-electron chi connectivity index (χ0n) is 7.49. The zero-order valence-corrected chi connectivity index (χ0v) is 9.89. The molecule has 0 bridgehead atoms. The number of aliphatic hydroxyl groups is 1. The first-order valence-corrected chi connectivity index (χ1v) is 6.13. The van der Waals surface area contributed by atoms with Gasteiger partial charge in [-0.05, 0) is 30.2 Å². The maximum atomic E-state index is 11.1. The van der Waals surface area contributed by atoms with Gasteiger partial charge in [0.2, 0.25) is 10.0 Å². The molecule has 3 N–H and O–H groups in total. The van der Waals surface area contributed by atoms with Crippen molar-refractivity contribution in [2.45, 2.75) is 18.4 Å². The van der Waals surface area contributed by atoms with Gasteiger partial charge < -0.3 is 5.11 Å². The highest BCUT2D eigenvalue weighted by atomic mass is 79.9. The zero-order chi connectivity index (χ0) is 10.9. The molecule has 0 aliphatic rings. The normalized spacial score (nSPS) is 11.7. The maximum Gasteiger partial charge on any atom is 0.238 e. The molecule has 6 heteroatoms. The molecule has 0 unspecified atom stereocenters. The molecule has 0 spiro atoms. The summed E-state index contributed by atoms with van der Waals surface area (Å²) in [5, 5.41) is 13.9. The van der Waals surface area contributed by atoms with Gasteiger partial charge >= 0.3 is 0 Å². The molecule has 0 aromatic heterocycles. The lowest BCUT2D eigenvalue weighted by molar-refractivity contribution is 0.281. The van der Waals surface area contributed by atoms with E-state index in [4.69, 9.17) is 10.2 Å². The molecular formula is C8H10BrNO3S. The third kappa shape index (κ3) is 2.33. The number of hydrogen-bond acceptors (Lipinski definition) is 3. The Kier molecular flexibility index (Phi) is 3.31. The third-order valence-corrected chi connectivity index (χ3v) is 3.71. The van der Waals surface area contributed by atoms with Crippen LogP contribution in [0.4, 0.5) is 0 Å². The van der Waals surface area contributed by atoms with E-state index in [1.54, 1.807) is 13.0 Å². The van der Waals surface area contributed by atoms with E-state index in [2.05, 4.69) is 15.9 Å². The summed E-state index contributed by atoms with van der Waals surface area (Å²) in [4.78, 5) is 0.0379. The molecule has 0 radical (unpaired) electrons. The Bertz CT molecular complexity index is 456. The van der Waals surface area contributed by atoms with Crippen LogP contribution < -0.4 is 5.14 Å². The molecule has 0 heterocycles. The van der Waals surface area contributed by atoms with Crippen molar-refractivity contribution in [3.63, 3.8) is 0 Å². The Morgan fingerprint density at radius 2 is 2.07 bits per heavy atom. The molecule has 0 aliphatic heterocycles. The van der Waals surface area contributed by atoms with E-state index in [0.717, 1.165) is 0 Å². The lowest BCUT2D eigenvalue weighted by Crippen LogP contribution is -2.14. The molecule has 14 heavy (non-hydrogen) atoms. The van der Waals surface area contributed by atoms with Crippen LogP contribution in [-0.4, -0.2) is 13.5 Å². The molecule has 0 atom stereocenters. The Labute approximate surface area is 90.9 Å². The second-order valence-corrected chi connectivity index (χ2v) is 5.29. The minimum Gasteiger partial charge on any atom is -0.392 e. The van der Waals surface area contributed by atoms with Gasteiger partial charge in [-0.25, -0.2) is 13.6 Å². The van der Waals surface area contributed by atoms with Gasteiger partial charge in [0.15, 0.2) is 0 Å². The number of aliphatic hydroxyl groups excluding tert-OH is 1. The summed E-state index contributed by atoms with van der Waals surface area (Å²) in [7, 11) is -3.73. The van der Waals surface area contributed by atoms with Crippen LogP contribution in [0.25, 0.3) is 0 Å². The number of hydrogen-bond donors (Lipinski definition) is 2. The van der Waals surface area contributed by atoms with Gasteiger partial charge in [-0.3, -0.25) is 0 Å². The molecule has 1 aromatic rings. The van der Waals surface area contributed by atoms with Crippen LogP contribution in [0.1, 0.15) is 11.1 Å². The van der Waals surface area contributed by atoms with Crippen LogP contribution in [-0.2, 0) is 16.6 Å². The van der Waals surface area contributed by atoms with E-state index in [1.807, 2.05) is 0 Å². The number of sulfonamides is 1. The highest BCUT2D eigenvalue weighted by Gasteiger charge is 2.14. The minimum absolute atomic E-state index is 0.0379. The van der Waals surface area contributed by atoms with Gasteiger partial charge in [0.05, 0.1) is 11.5 Å². The molecule has 0 amide bonds. The van der Waals surface area contributed by atoms with Gasteiger partial charge in [0, 0.05) is 4.47 Å². The summed E-state index contributed by atoms with van der Waals surface area (Å²) in [5.74, 6) is 0. The first-order valence-electron chi connectivity index (χ1n) is 3.79. The fraction of sp³-hybridized carbons (Fsp3) is 0.250. The molecular weight excluding hydrogens is 270 g/mol. The van der Waals surface area contributed by atoms with Gasteiger partial charge in [0.1, 0.15) is 0 Å². The van der Waals surface area contributed by atoms with Gasteiger partial charge in [-0.2, -0.15) is 0 Å². The summed E-state index contributed by atoms with van der Waals surface area (Å²) in [6, 6.07) is 3.03. The Morgan fingerprint density at radius 1 is 1.50 bits per heavy atom. The molecule has 0 saturated heterocycles. The van der Waals surface area contributed by atoms with E-state index >= 15 is 0 Å². The van der Waals surface area contributed by atoms with Crippen LogP contribution in [0.2, 0.25) is 0 Å². The molecule has 1 aromatic carbocycles. The predicted octanol–water partition coefficient (Wildman–Crippen LogP) is 0.897. The first kappa shape index (κ1) is 11.6. The average Bonchev–Trinajstić information content (AvgIpc) is 2.07. The quantitative estimate of drug-likeness (QED) is 0.844. The lowest BCUT2D eigenvalue weighted by atomic mass is 10.2. The van der Waals surface area contributed by atoms with Crippen molar-refractivity contribution < 1.29 is 13.5 Å². The molecule has 78 valence electrons. The molecule has 0 saturated carbocycles. The van der Waals surface area contributed by atoms with Crippen LogP contribution in [0.15, 0.2) is 21.5 Å². The SMILES string of the molecule is Cc1c(Br)cc(CO)cc1S(N)(=O)=O. The number of halogens is 1. The van der Waals surface area contributed by atoms with Crippen molar-refractivity contribution in [3.8, 4) is 0 Å². The molecule has 1 rings (SSSR count). The second kappa shape index (κ2) is 3.98. The summed E-state index contributed by atoms with van der Waals surface area (Å²) >= 11 is 3.20. The van der Waals surface area contributed by atoms with Crippen molar-refractivity contribution in [2.24, 2.45) is 5.14 Å². The van der Waals surface area contributed by atoms with Crippen molar-refractivity contribution in [1.82, 2.24) is 0 Å². The number of rotatable bonds is 2. The summed E-state index contributed by atoms with van der Waals surface area (Å²) in [5.41, 5.74) is 1.05. The molecule has 0 aliphatic carbocycles. The Hall–Kier alpha value is -0.430.